The van der Waals surface area contributed by atoms with Gasteiger partial charge in [0.05, 0.1) is 12.1 Å². The van der Waals surface area contributed by atoms with E-state index in [1.165, 1.54) is 11.3 Å². The number of thiophene rings is 1. The smallest absolute Gasteiger partial charge is 0.110 e. The summed E-state index contributed by atoms with van der Waals surface area (Å²) < 4.78 is 0. The molecule has 3 N–H and O–H groups in total. The molecule has 0 aliphatic rings. The van der Waals surface area contributed by atoms with E-state index in [1.54, 1.807) is 18.4 Å². The second-order valence-electron chi connectivity index (χ2n) is 2.62. The van der Waals surface area contributed by atoms with E-state index < -0.39 is 6.10 Å². The third-order valence-corrected chi connectivity index (χ3v) is 2.49. The molecule has 1 rings (SSSR count). The summed E-state index contributed by atoms with van der Waals surface area (Å²) in [5.74, 6) is 0. The molecule has 12 heavy (non-hydrogen) atoms. The number of hydrogen-bond donors (Lipinski definition) is 2. The largest absolute Gasteiger partial charge is 0.391 e. The number of nitriles is 1. The molecule has 0 bridgehead atoms. The van der Waals surface area contributed by atoms with E-state index in [1.807, 2.05) is 6.07 Å². The normalized spacial score (nSPS) is 15.2. The van der Waals surface area contributed by atoms with Crippen LogP contribution >= 0.6 is 11.3 Å². The zero-order valence-electron chi connectivity index (χ0n) is 6.69. The molecular weight excluding hydrogens is 172 g/mol. The molecule has 4 heteroatoms. The summed E-state index contributed by atoms with van der Waals surface area (Å²) in [5, 5.41) is 19.5. The second kappa shape index (κ2) is 3.68. The van der Waals surface area contributed by atoms with Gasteiger partial charge in [-0.25, -0.2) is 0 Å². The van der Waals surface area contributed by atoms with Crippen molar-refractivity contribution >= 4 is 11.3 Å². The lowest BCUT2D eigenvalue weighted by atomic mass is 10.1. The van der Waals surface area contributed by atoms with Crippen molar-refractivity contribution in [3.05, 3.63) is 21.9 Å². The maximum atomic E-state index is 9.15. The molecule has 0 saturated heterocycles. The first-order chi connectivity index (χ1) is 5.65. The topological polar surface area (TPSA) is 70.0 Å². The van der Waals surface area contributed by atoms with Crippen LogP contribution in [0, 0.1) is 11.3 Å². The van der Waals surface area contributed by atoms with Crippen LogP contribution in [0.4, 0.5) is 0 Å². The average molecular weight is 182 g/mol. The van der Waals surface area contributed by atoms with Gasteiger partial charge in [0.25, 0.3) is 0 Å². The van der Waals surface area contributed by atoms with E-state index in [9.17, 15) is 0 Å². The number of rotatable bonds is 2. The Labute approximate surface area is 75.1 Å². The van der Waals surface area contributed by atoms with Crippen LogP contribution < -0.4 is 5.73 Å². The number of aliphatic hydroxyl groups excluding tert-OH is 1. The summed E-state index contributed by atoms with van der Waals surface area (Å²) >= 11 is 1.34. The van der Waals surface area contributed by atoms with Gasteiger partial charge in [-0.15, -0.1) is 11.3 Å². The van der Waals surface area contributed by atoms with E-state index in [4.69, 9.17) is 16.1 Å². The molecule has 1 aromatic rings. The molecule has 0 fully saturated rings. The van der Waals surface area contributed by atoms with Crippen LogP contribution in [-0.4, -0.2) is 11.2 Å². The highest BCUT2D eigenvalue weighted by molar-refractivity contribution is 7.10. The molecule has 0 spiro atoms. The highest BCUT2D eigenvalue weighted by Gasteiger charge is 2.13. The Morgan fingerprint density at radius 1 is 1.75 bits per heavy atom. The molecule has 0 aliphatic heterocycles. The van der Waals surface area contributed by atoms with Crippen molar-refractivity contribution in [1.82, 2.24) is 0 Å². The van der Waals surface area contributed by atoms with Crippen molar-refractivity contribution in [1.29, 1.82) is 5.26 Å². The summed E-state index contributed by atoms with van der Waals surface area (Å²) in [6.07, 6.45) is -0.578. The predicted molar refractivity (Wildman–Crippen MR) is 47.6 cm³/mol. The Bertz CT molecular complexity index is 300. The second-order valence-corrected chi connectivity index (χ2v) is 3.53. The molecule has 3 nitrogen and oxygen atoms in total. The molecule has 0 amide bonds. The maximum absolute atomic E-state index is 9.15. The van der Waals surface area contributed by atoms with E-state index in [2.05, 4.69) is 0 Å². The average Bonchev–Trinajstić information content (AvgIpc) is 2.50. The summed E-state index contributed by atoms with van der Waals surface area (Å²) in [6.45, 7) is 1.63. The first-order valence-electron chi connectivity index (χ1n) is 3.57. The summed E-state index contributed by atoms with van der Waals surface area (Å²) in [4.78, 5) is 0.626. The van der Waals surface area contributed by atoms with Gasteiger partial charge in [-0.05, 0) is 23.9 Å². The minimum Gasteiger partial charge on any atom is -0.391 e. The highest BCUT2D eigenvalue weighted by atomic mass is 32.1. The standard InChI is InChI=1S/C8H10N2OS/c1-5(11)8(10)6-2-7(3-9)12-4-6/h2,4-5,8,11H,10H2,1H3/t5-,8-/m0/s1. The number of nitrogens with zero attached hydrogens (tertiary/aromatic N) is 1. The van der Waals surface area contributed by atoms with Crippen molar-refractivity contribution in [3.8, 4) is 6.07 Å². The van der Waals surface area contributed by atoms with Crippen LogP contribution in [0.3, 0.4) is 0 Å². The van der Waals surface area contributed by atoms with Gasteiger partial charge in [-0.2, -0.15) is 5.26 Å². The number of aliphatic hydroxyl groups is 1. The quantitative estimate of drug-likeness (QED) is 0.716. The molecule has 0 unspecified atom stereocenters. The Morgan fingerprint density at radius 3 is 2.83 bits per heavy atom. The van der Waals surface area contributed by atoms with Crippen LogP contribution in [-0.2, 0) is 0 Å². The molecule has 1 heterocycles. The van der Waals surface area contributed by atoms with Crippen molar-refractivity contribution in [3.63, 3.8) is 0 Å². The Morgan fingerprint density at radius 2 is 2.42 bits per heavy atom. The maximum Gasteiger partial charge on any atom is 0.110 e. The van der Waals surface area contributed by atoms with E-state index in [0.717, 1.165) is 5.56 Å². The van der Waals surface area contributed by atoms with Crippen molar-refractivity contribution in [2.75, 3.05) is 0 Å². The van der Waals surface area contributed by atoms with Gasteiger partial charge in [0.1, 0.15) is 10.9 Å². The molecule has 0 aromatic carbocycles. The third-order valence-electron chi connectivity index (χ3n) is 1.63. The summed E-state index contributed by atoms with van der Waals surface area (Å²) in [5.41, 5.74) is 6.48. The minimum atomic E-state index is -0.578. The lowest BCUT2D eigenvalue weighted by molar-refractivity contribution is 0.164. The number of nitrogens with two attached hydrogens (primary N) is 1. The van der Waals surface area contributed by atoms with Gasteiger partial charge in [0, 0.05) is 0 Å². The highest BCUT2D eigenvalue weighted by Crippen LogP contribution is 2.20. The van der Waals surface area contributed by atoms with Crippen molar-refractivity contribution < 1.29 is 5.11 Å². The predicted octanol–water partition coefficient (Wildman–Crippen LogP) is 1.00. The lowest BCUT2D eigenvalue weighted by Crippen LogP contribution is -2.22. The molecular formula is C8H10N2OS. The molecule has 64 valence electrons. The molecule has 2 atom stereocenters. The van der Waals surface area contributed by atoms with Crippen molar-refractivity contribution in [2.45, 2.75) is 19.1 Å². The monoisotopic (exact) mass is 182 g/mol. The Hall–Kier alpha value is -0.890. The van der Waals surface area contributed by atoms with Gasteiger partial charge >= 0.3 is 0 Å². The summed E-state index contributed by atoms with van der Waals surface area (Å²) in [6, 6.07) is 3.35. The van der Waals surface area contributed by atoms with Crippen LogP contribution in [0.5, 0.6) is 0 Å². The zero-order valence-corrected chi connectivity index (χ0v) is 7.51. The fourth-order valence-electron chi connectivity index (χ4n) is 0.863. The van der Waals surface area contributed by atoms with E-state index in [-0.39, 0.29) is 6.04 Å². The van der Waals surface area contributed by atoms with E-state index in [0.29, 0.717) is 4.88 Å². The first-order valence-corrected chi connectivity index (χ1v) is 4.45. The van der Waals surface area contributed by atoms with Gasteiger partial charge in [0.2, 0.25) is 0 Å². The fourth-order valence-corrected chi connectivity index (χ4v) is 1.61. The van der Waals surface area contributed by atoms with Gasteiger partial charge in [-0.1, -0.05) is 0 Å². The van der Waals surface area contributed by atoms with Gasteiger partial charge in [-0.3, -0.25) is 0 Å². The summed E-state index contributed by atoms with van der Waals surface area (Å²) in [7, 11) is 0. The zero-order chi connectivity index (χ0) is 9.14. The molecule has 0 radical (unpaired) electrons. The Kier molecular flexibility index (Phi) is 2.82. The van der Waals surface area contributed by atoms with E-state index >= 15 is 0 Å². The fraction of sp³-hybridized carbons (Fsp3) is 0.375. The third kappa shape index (κ3) is 1.83. The SMILES string of the molecule is C[C@H](O)[C@H](N)c1csc(C#N)c1. The van der Waals surface area contributed by atoms with Gasteiger partial charge in [0.15, 0.2) is 0 Å². The van der Waals surface area contributed by atoms with Crippen LogP contribution in [0.1, 0.15) is 23.4 Å². The Balaban J connectivity index is 2.83. The minimum absolute atomic E-state index is 0.386. The van der Waals surface area contributed by atoms with Crippen LogP contribution in [0.25, 0.3) is 0 Å². The van der Waals surface area contributed by atoms with Gasteiger partial charge < -0.3 is 10.8 Å². The van der Waals surface area contributed by atoms with Crippen LogP contribution in [0.2, 0.25) is 0 Å². The molecule has 0 saturated carbocycles. The first kappa shape index (κ1) is 9.20. The number of hydrogen-bond acceptors (Lipinski definition) is 4. The molecule has 1 aromatic heterocycles. The molecule has 0 aliphatic carbocycles. The lowest BCUT2D eigenvalue weighted by Gasteiger charge is -2.11. The van der Waals surface area contributed by atoms with Crippen molar-refractivity contribution in [2.24, 2.45) is 5.73 Å². The van der Waals surface area contributed by atoms with Crippen LogP contribution in [0.15, 0.2) is 11.4 Å².